The molecule has 1 heterocycles. The second-order valence-electron chi connectivity index (χ2n) is 5.25. The second kappa shape index (κ2) is 6.72. The van der Waals surface area contributed by atoms with Crippen molar-refractivity contribution in [3.05, 3.63) is 29.6 Å². The van der Waals surface area contributed by atoms with E-state index in [2.05, 4.69) is 28.3 Å². The standard InChI is InChI=1S/C16H23N3O2/c1-4-8-18(5-2)9-10-19-12(3)17-14-7-6-13(16(20)21)11-15(14)19/h6-7,11H,4-5,8-10H2,1-3H3,(H,20,21). The molecule has 21 heavy (non-hydrogen) atoms. The van der Waals surface area contributed by atoms with Crippen LogP contribution in [-0.4, -0.2) is 45.2 Å². The van der Waals surface area contributed by atoms with Gasteiger partial charge in [0.15, 0.2) is 0 Å². The fourth-order valence-corrected chi connectivity index (χ4v) is 2.64. The molecule has 0 amide bonds. The minimum atomic E-state index is -0.900. The Balaban J connectivity index is 2.27. The average Bonchev–Trinajstić information content (AvgIpc) is 2.78. The molecule has 0 bridgehead atoms. The summed E-state index contributed by atoms with van der Waals surface area (Å²) in [5, 5.41) is 9.13. The molecule has 114 valence electrons. The number of aryl methyl sites for hydroxylation is 1. The van der Waals surface area contributed by atoms with Crippen molar-refractivity contribution in [1.82, 2.24) is 14.5 Å². The number of aromatic nitrogens is 2. The number of carboxylic acids is 1. The summed E-state index contributed by atoms with van der Waals surface area (Å²) in [6.45, 7) is 10.2. The molecule has 0 unspecified atom stereocenters. The van der Waals surface area contributed by atoms with E-state index in [4.69, 9.17) is 5.11 Å². The van der Waals surface area contributed by atoms with Crippen molar-refractivity contribution in [1.29, 1.82) is 0 Å². The molecule has 0 aliphatic heterocycles. The third kappa shape index (κ3) is 3.42. The zero-order chi connectivity index (χ0) is 15.4. The lowest BCUT2D eigenvalue weighted by Crippen LogP contribution is -2.28. The molecular formula is C16H23N3O2. The van der Waals surface area contributed by atoms with E-state index in [0.29, 0.717) is 5.56 Å². The van der Waals surface area contributed by atoms with Crippen LogP contribution in [0.4, 0.5) is 0 Å². The number of hydrogen-bond acceptors (Lipinski definition) is 3. The van der Waals surface area contributed by atoms with Crippen molar-refractivity contribution >= 4 is 17.0 Å². The molecule has 5 nitrogen and oxygen atoms in total. The van der Waals surface area contributed by atoms with E-state index in [1.54, 1.807) is 18.2 Å². The Bertz CT molecular complexity index is 634. The summed E-state index contributed by atoms with van der Waals surface area (Å²) in [4.78, 5) is 18.0. The second-order valence-corrected chi connectivity index (χ2v) is 5.25. The lowest BCUT2D eigenvalue weighted by molar-refractivity contribution is 0.0697. The summed E-state index contributed by atoms with van der Waals surface area (Å²) >= 11 is 0. The van der Waals surface area contributed by atoms with Crippen molar-refractivity contribution in [3.63, 3.8) is 0 Å². The van der Waals surface area contributed by atoms with Gasteiger partial charge in [-0.25, -0.2) is 9.78 Å². The van der Waals surface area contributed by atoms with Crippen LogP contribution in [0.3, 0.4) is 0 Å². The molecular weight excluding hydrogens is 266 g/mol. The molecule has 0 spiro atoms. The van der Waals surface area contributed by atoms with Crippen LogP contribution in [0.5, 0.6) is 0 Å². The van der Waals surface area contributed by atoms with Gasteiger partial charge in [0.25, 0.3) is 0 Å². The molecule has 1 N–H and O–H groups in total. The lowest BCUT2D eigenvalue weighted by atomic mass is 10.2. The number of nitrogens with zero attached hydrogens (tertiary/aromatic N) is 3. The Kier molecular flexibility index (Phi) is 4.96. The highest BCUT2D eigenvalue weighted by Gasteiger charge is 2.11. The zero-order valence-electron chi connectivity index (χ0n) is 13.0. The van der Waals surface area contributed by atoms with Gasteiger partial charge < -0.3 is 14.6 Å². The molecule has 1 aromatic heterocycles. The van der Waals surface area contributed by atoms with Crippen molar-refractivity contribution < 1.29 is 9.90 Å². The number of benzene rings is 1. The summed E-state index contributed by atoms with van der Waals surface area (Å²) in [6, 6.07) is 5.11. The topological polar surface area (TPSA) is 58.4 Å². The van der Waals surface area contributed by atoms with Gasteiger partial charge in [-0.2, -0.15) is 0 Å². The van der Waals surface area contributed by atoms with E-state index in [1.807, 2.05) is 6.92 Å². The van der Waals surface area contributed by atoms with E-state index in [1.165, 1.54) is 0 Å². The smallest absolute Gasteiger partial charge is 0.335 e. The maximum atomic E-state index is 11.1. The van der Waals surface area contributed by atoms with Crippen molar-refractivity contribution in [2.45, 2.75) is 33.7 Å². The Morgan fingerprint density at radius 1 is 1.33 bits per heavy atom. The number of rotatable bonds is 7. The first-order valence-corrected chi connectivity index (χ1v) is 7.49. The van der Waals surface area contributed by atoms with Gasteiger partial charge in [0, 0.05) is 13.1 Å². The minimum Gasteiger partial charge on any atom is -0.478 e. The maximum Gasteiger partial charge on any atom is 0.335 e. The number of carbonyl (C=O) groups is 1. The Labute approximate surface area is 125 Å². The Hall–Kier alpha value is -1.88. The molecule has 0 fully saturated rings. The van der Waals surface area contributed by atoms with Crippen molar-refractivity contribution in [2.24, 2.45) is 0 Å². The minimum absolute atomic E-state index is 0.310. The summed E-state index contributed by atoms with van der Waals surface area (Å²) in [7, 11) is 0. The highest BCUT2D eigenvalue weighted by atomic mass is 16.4. The van der Waals surface area contributed by atoms with Crippen LogP contribution in [0.2, 0.25) is 0 Å². The Morgan fingerprint density at radius 3 is 2.71 bits per heavy atom. The Morgan fingerprint density at radius 2 is 2.10 bits per heavy atom. The number of imidazole rings is 1. The predicted molar refractivity (Wildman–Crippen MR) is 83.8 cm³/mol. The van der Waals surface area contributed by atoms with Gasteiger partial charge in [0.05, 0.1) is 16.6 Å². The third-order valence-corrected chi connectivity index (χ3v) is 3.81. The van der Waals surface area contributed by atoms with E-state index < -0.39 is 5.97 Å². The van der Waals surface area contributed by atoms with Crippen LogP contribution >= 0.6 is 0 Å². The maximum absolute atomic E-state index is 11.1. The van der Waals surface area contributed by atoms with Gasteiger partial charge in [-0.15, -0.1) is 0 Å². The number of aromatic carboxylic acids is 1. The molecule has 0 saturated carbocycles. The fourth-order valence-electron chi connectivity index (χ4n) is 2.64. The average molecular weight is 289 g/mol. The number of likely N-dealkylation sites (N-methyl/N-ethyl adjacent to an activating group) is 1. The predicted octanol–water partition coefficient (Wildman–Crippen LogP) is 2.77. The van der Waals surface area contributed by atoms with Gasteiger partial charge in [-0.05, 0) is 44.6 Å². The third-order valence-electron chi connectivity index (χ3n) is 3.81. The van der Waals surface area contributed by atoms with Gasteiger partial charge in [0.2, 0.25) is 0 Å². The summed E-state index contributed by atoms with van der Waals surface area (Å²) in [5.74, 6) is 0.0311. The van der Waals surface area contributed by atoms with Gasteiger partial charge in [0.1, 0.15) is 5.82 Å². The fraction of sp³-hybridized carbons (Fsp3) is 0.500. The van der Waals surface area contributed by atoms with Crippen molar-refractivity contribution in [3.8, 4) is 0 Å². The van der Waals surface area contributed by atoms with Crippen LogP contribution in [0, 0.1) is 6.92 Å². The summed E-state index contributed by atoms with van der Waals surface area (Å²) < 4.78 is 2.11. The van der Waals surface area contributed by atoms with Gasteiger partial charge >= 0.3 is 5.97 Å². The first-order chi connectivity index (χ1) is 10.1. The van der Waals surface area contributed by atoms with Crippen molar-refractivity contribution in [2.75, 3.05) is 19.6 Å². The number of fused-ring (bicyclic) bond motifs is 1. The largest absolute Gasteiger partial charge is 0.478 e. The molecule has 1 aromatic carbocycles. The molecule has 0 radical (unpaired) electrons. The van der Waals surface area contributed by atoms with Gasteiger partial charge in [-0.1, -0.05) is 13.8 Å². The molecule has 2 aromatic rings. The van der Waals surface area contributed by atoms with E-state index in [0.717, 1.165) is 49.5 Å². The molecule has 5 heteroatoms. The molecule has 0 aliphatic rings. The quantitative estimate of drug-likeness (QED) is 0.851. The SMILES string of the molecule is CCCN(CC)CCn1c(C)nc2ccc(C(=O)O)cc21. The first-order valence-electron chi connectivity index (χ1n) is 7.49. The van der Waals surface area contributed by atoms with Crippen LogP contribution in [0.1, 0.15) is 36.5 Å². The lowest BCUT2D eigenvalue weighted by Gasteiger charge is -2.20. The van der Waals surface area contributed by atoms with Crippen LogP contribution in [0.15, 0.2) is 18.2 Å². The number of carboxylic acid groups (broad SMARTS) is 1. The highest BCUT2D eigenvalue weighted by Crippen LogP contribution is 2.18. The summed E-state index contributed by atoms with van der Waals surface area (Å²) in [5.41, 5.74) is 2.07. The van der Waals surface area contributed by atoms with Gasteiger partial charge in [-0.3, -0.25) is 0 Å². The monoisotopic (exact) mass is 289 g/mol. The molecule has 0 aliphatic carbocycles. The van der Waals surface area contributed by atoms with Crippen LogP contribution < -0.4 is 0 Å². The van der Waals surface area contributed by atoms with Crippen LogP contribution in [0.25, 0.3) is 11.0 Å². The summed E-state index contributed by atoms with van der Waals surface area (Å²) in [6.07, 6.45) is 1.14. The van der Waals surface area contributed by atoms with Crippen LogP contribution in [-0.2, 0) is 6.54 Å². The zero-order valence-corrected chi connectivity index (χ0v) is 13.0. The highest BCUT2D eigenvalue weighted by molar-refractivity contribution is 5.92. The molecule has 0 atom stereocenters. The normalized spacial score (nSPS) is 11.4. The number of hydrogen-bond donors (Lipinski definition) is 1. The first kappa shape index (κ1) is 15.5. The van der Waals surface area contributed by atoms with E-state index >= 15 is 0 Å². The molecule has 2 rings (SSSR count). The molecule has 0 saturated heterocycles. The van der Waals surface area contributed by atoms with E-state index in [-0.39, 0.29) is 0 Å². The van der Waals surface area contributed by atoms with E-state index in [9.17, 15) is 4.79 Å².